The van der Waals surface area contributed by atoms with E-state index in [1.165, 1.54) is 25.7 Å². The molecule has 0 aliphatic heterocycles. The smallest absolute Gasteiger partial charge is 0.266 e. The van der Waals surface area contributed by atoms with Crippen LogP contribution in [-0.2, 0) is 6.54 Å². The molecule has 0 bridgehead atoms. The Morgan fingerprint density at radius 2 is 2.26 bits per heavy atom. The molecule has 1 fully saturated rings. The molecule has 0 radical (unpaired) electrons. The Morgan fingerprint density at radius 1 is 1.42 bits per heavy atom. The van der Waals surface area contributed by atoms with Crippen molar-refractivity contribution in [3.63, 3.8) is 0 Å². The van der Waals surface area contributed by atoms with Gasteiger partial charge in [-0.2, -0.15) is 5.10 Å². The predicted octanol–water partition coefficient (Wildman–Crippen LogP) is 2.11. The van der Waals surface area contributed by atoms with Gasteiger partial charge < -0.3 is 5.32 Å². The summed E-state index contributed by atoms with van der Waals surface area (Å²) in [6.07, 6.45) is 6.10. The average molecular weight is 263 g/mol. The van der Waals surface area contributed by atoms with Crippen molar-refractivity contribution >= 4 is 0 Å². The molecule has 0 saturated heterocycles. The number of hydrogen-bond acceptors (Lipinski definition) is 3. The molecular weight excluding hydrogens is 238 g/mol. The summed E-state index contributed by atoms with van der Waals surface area (Å²) in [7, 11) is 0. The molecule has 1 aromatic heterocycles. The minimum Gasteiger partial charge on any atom is -0.314 e. The van der Waals surface area contributed by atoms with Crippen molar-refractivity contribution in [2.24, 2.45) is 5.92 Å². The van der Waals surface area contributed by atoms with Crippen LogP contribution in [0.15, 0.2) is 16.9 Å². The van der Waals surface area contributed by atoms with Gasteiger partial charge in [-0.15, -0.1) is 0 Å². The van der Waals surface area contributed by atoms with Crippen molar-refractivity contribution in [3.8, 4) is 0 Å². The Balaban J connectivity index is 1.90. The van der Waals surface area contributed by atoms with Gasteiger partial charge in [0, 0.05) is 18.7 Å². The van der Waals surface area contributed by atoms with Gasteiger partial charge in [-0.3, -0.25) is 4.79 Å². The highest BCUT2D eigenvalue weighted by Crippen LogP contribution is 2.28. The van der Waals surface area contributed by atoms with Crippen LogP contribution in [0.25, 0.3) is 0 Å². The molecule has 1 aromatic rings. The summed E-state index contributed by atoms with van der Waals surface area (Å²) in [5.74, 6) is 0.695. The summed E-state index contributed by atoms with van der Waals surface area (Å²) >= 11 is 0. The first-order valence-electron chi connectivity index (χ1n) is 7.49. The Kier molecular flexibility index (Phi) is 5.14. The van der Waals surface area contributed by atoms with Gasteiger partial charge in [0.1, 0.15) is 0 Å². The minimum atomic E-state index is 0.0154. The van der Waals surface area contributed by atoms with Crippen molar-refractivity contribution in [1.82, 2.24) is 15.1 Å². The van der Waals surface area contributed by atoms with Crippen molar-refractivity contribution in [2.45, 2.75) is 58.5 Å². The molecule has 19 heavy (non-hydrogen) atoms. The first-order valence-corrected chi connectivity index (χ1v) is 7.49. The third kappa shape index (κ3) is 3.90. The monoisotopic (exact) mass is 263 g/mol. The lowest BCUT2D eigenvalue weighted by atomic mass is 9.99. The maximum absolute atomic E-state index is 11.7. The molecule has 1 N–H and O–H groups in total. The van der Waals surface area contributed by atoms with E-state index in [1.54, 1.807) is 16.8 Å². The van der Waals surface area contributed by atoms with Crippen LogP contribution in [0, 0.1) is 12.8 Å². The molecule has 0 aromatic carbocycles. The lowest BCUT2D eigenvalue weighted by Crippen LogP contribution is -2.34. The maximum atomic E-state index is 11.7. The van der Waals surface area contributed by atoms with Crippen LogP contribution < -0.4 is 10.9 Å². The predicted molar refractivity (Wildman–Crippen MR) is 77.3 cm³/mol. The number of nitrogens with one attached hydrogen (secondary N) is 1. The molecule has 2 unspecified atom stereocenters. The molecule has 4 nitrogen and oxygen atoms in total. The molecule has 1 saturated carbocycles. The molecule has 2 rings (SSSR count). The van der Waals surface area contributed by atoms with E-state index < -0.39 is 0 Å². The topological polar surface area (TPSA) is 46.9 Å². The van der Waals surface area contributed by atoms with Crippen molar-refractivity contribution < 1.29 is 0 Å². The van der Waals surface area contributed by atoms with Crippen LogP contribution in [-0.4, -0.2) is 22.4 Å². The zero-order valence-electron chi connectivity index (χ0n) is 12.1. The van der Waals surface area contributed by atoms with E-state index in [2.05, 4.69) is 17.3 Å². The highest BCUT2D eigenvalue weighted by molar-refractivity contribution is 4.97. The van der Waals surface area contributed by atoms with Crippen molar-refractivity contribution in [2.75, 3.05) is 6.54 Å². The quantitative estimate of drug-likeness (QED) is 0.855. The van der Waals surface area contributed by atoms with Gasteiger partial charge >= 0.3 is 0 Å². The second-order valence-electron chi connectivity index (χ2n) is 5.58. The summed E-state index contributed by atoms with van der Waals surface area (Å²) in [6, 6.07) is 4.03. The zero-order chi connectivity index (χ0) is 13.7. The first-order chi connectivity index (χ1) is 9.20. The summed E-state index contributed by atoms with van der Waals surface area (Å²) in [6.45, 7) is 5.98. The molecule has 106 valence electrons. The third-order valence-electron chi connectivity index (χ3n) is 4.03. The second kappa shape index (κ2) is 6.85. The fourth-order valence-electron chi connectivity index (χ4n) is 2.98. The summed E-state index contributed by atoms with van der Waals surface area (Å²) < 4.78 is 1.62. The lowest BCUT2D eigenvalue weighted by molar-refractivity contribution is 0.350. The van der Waals surface area contributed by atoms with Gasteiger partial charge in [0.05, 0.1) is 5.69 Å². The number of aryl methyl sites for hydroxylation is 2. The van der Waals surface area contributed by atoms with E-state index in [9.17, 15) is 4.79 Å². The molecule has 0 amide bonds. The highest BCUT2D eigenvalue weighted by Gasteiger charge is 2.26. The van der Waals surface area contributed by atoms with Crippen LogP contribution in [0.5, 0.6) is 0 Å². The van der Waals surface area contributed by atoms with Gasteiger partial charge in [-0.25, -0.2) is 4.68 Å². The largest absolute Gasteiger partial charge is 0.314 e. The SMILES string of the molecule is CCCNC1CCCC1CCn1nc(C)ccc1=O. The Labute approximate surface area is 115 Å². The standard InChI is InChI=1S/C15H25N3O/c1-3-10-16-14-6-4-5-13(14)9-11-18-15(19)8-7-12(2)17-18/h7-8,13-14,16H,3-6,9-11H2,1-2H3. The maximum Gasteiger partial charge on any atom is 0.266 e. The summed E-state index contributed by atoms with van der Waals surface area (Å²) in [5.41, 5.74) is 0.924. The van der Waals surface area contributed by atoms with Gasteiger partial charge in [0.2, 0.25) is 0 Å². The lowest BCUT2D eigenvalue weighted by Gasteiger charge is -2.21. The summed E-state index contributed by atoms with van der Waals surface area (Å²) in [5, 5.41) is 7.94. The minimum absolute atomic E-state index is 0.0154. The second-order valence-corrected chi connectivity index (χ2v) is 5.58. The highest BCUT2D eigenvalue weighted by atomic mass is 16.1. The van der Waals surface area contributed by atoms with E-state index in [0.717, 1.165) is 25.2 Å². The van der Waals surface area contributed by atoms with Crippen molar-refractivity contribution in [1.29, 1.82) is 0 Å². The van der Waals surface area contributed by atoms with Crippen LogP contribution in [0.2, 0.25) is 0 Å². The normalized spacial score (nSPS) is 22.8. The van der Waals surface area contributed by atoms with Crippen LogP contribution in [0.3, 0.4) is 0 Å². The molecule has 1 heterocycles. The average Bonchev–Trinajstić information content (AvgIpc) is 2.85. The Morgan fingerprint density at radius 3 is 3.05 bits per heavy atom. The van der Waals surface area contributed by atoms with Crippen molar-refractivity contribution in [3.05, 3.63) is 28.2 Å². The number of hydrogen-bond donors (Lipinski definition) is 1. The first kappa shape index (κ1) is 14.3. The van der Waals surface area contributed by atoms with Crippen LogP contribution in [0.4, 0.5) is 0 Å². The third-order valence-corrected chi connectivity index (χ3v) is 4.03. The Bertz CT molecular complexity index is 455. The van der Waals surface area contributed by atoms with Gasteiger partial charge in [0.15, 0.2) is 0 Å². The molecular formula is C15H25N3O. The molecule has 0 spiro atoms. The van der Waals surface area contributed by atoms with Gasteiger partial charge in [-0.1, -0.05) is 13.3 Å². The van der Waals surface area contributed by atoms with E-state index in [4.69, 9.17) is 0 Å². The molecule has 2 atom stereocenters. The van der Waals surface area contributed by atoms with E-state index in [0.29, 0.717) is 12.0 Å². The molecule has 1 aliphatic rings. The fourth-order valence-corrected chi connectivity index (χ4v) is 2.98. The number of rotatable bonds is 6. The molecule has 1 aliphatic carbocycles. The number of nitrogens with zero attached hydrogens (tertiary/aromatic N) is 2. The van der Waals surface area contributed by atoms with Gasteiger partial charge in [-0.05, 0) is 51.1 Å². The summed E-state index contributed by atoms with van der Waals surface area (Å²) in [4.78, 5) is 11.7. The van der Waals surface area contributed by atoms with E-state index >= 15 is 0 Å². The fraction of sp³-hybridized carbons (Fsp3) is 0.733. The zero-order valence-corrected chi connectivity index (χ0v) is 12.1. The Hall–Kier alpha value is -1.16. The van der Waals surface area contributed by atoms with Crippen LogP contribution in [0.1, 0.15) is 44.7 Å². The van der Waals surface area contributed by atoms with E-state index in [-0.39, 0.29) is 5.56 Å². The molecule has 4 heteroatoms. The van der Waals surface area contributed by atoms with E-state index in [1.807, 2.05) is 6.92 Å². The number of aromatic nitrogens is 2. The van der Waals surface area contributed by atoms with Crippen LogP contribution >= 0.6 is 0 Å². The van der Waals surface area contributed by atoms with Gasteiger partial charge in [0.25, 0.3) is 5.56 Å².